The van der Waals surface area contributed by atoms with E-state index in [1.807, 2.05) is 0 Å². The van der Waals surface area contributed by atoms with Crippen LogP contribution in [0, 0.1) is 11.8 Å². The van der Waals surface area contributed by atoms with Crippen LogP contribution in [-0.4, -0.2) is 63.9 Å². The van der Waals surface area contributed by atoms with E-state index < -0.39 is 66.0 Å². The highest BCUT2D eigenvalue weighted by Gasteiger charge is 2.48. The highest BCUT2D eigenvalue weighted by atomic mass is 32.1. The molecule has 0 aliphatic carbocycles. The summed E-state index contributed by atoms with van der Waals surface area (Å²) in [7, 11) is 4.18. The standard InChI is InChI=1S/C19H22O10S/c1-26-13(22)8-10(20)15(18(24)28-3)17(12-6-5-7-30-12)16(19(25)29-4)11(21)9-14(23)27-2/h5-7,15-17H,8-9H2,1-4H3/t15-,16+,17?. The maximum absolute atomic E-state index is 12.8. The number of hydrogen-bond donors (Lipinski definition) is 0. The summed E-state index contributed by atoms with van der Waals surface area (Å²) < 4.78 is 18.4. The minimum atomic E-state index is -1.70. The lowest BCUT2D eigenvalue weighted by atomic mass is 9.75. The van der Waals surface area contributed by atoms with Crippen molar-refractivity contribution in [2.75, 3.05) is 28.4 Å². The Morgan fingerprint density at radius 2 is 1.20 bits per heavy atom. The average Bonchev–Trinajstić information content (AvgIpc) is 3.26. The van der Waals surface area contributed by atoms with Gasteiger partial charge in [-0.3, -0.25) is 28.8 Å². The second kappa shape index (κ2) is 11.8. The van der Waals surface area contributed by atoms with Crippen molar-refractivity contribution in [2.24, 2.45) is 11.8 Å². The number of hydrogen-bond acceptors (Lipinski definition) is 11. The fraction of sp³-hybridized carbons (Fsp3) is 0.474. The lowest BCUT2D eigenvalue weighted by Crippen LogP contribution is -2.42. The normalized spacial score (nSPS) is 13.3. The molecule has 30 heavy (non-hydrogen) atoms. The van der Waals surface area contributed by atoms with E-state index in [1.165, 1.54) is 6.07 Å². The van der Waals surface area contributed by atoms with Crippen LogP contribution in [0.5, 0.6) is 0 Å². The Hall–Kier alpha value is -3.08. The average molecular weight is 442 g/mol. The third-order valence-electron chi connectivity index (χ3n) is 4.29. The Morgan fingerprint density at radius 3 is 1.50 bits per heavy atom. The molecule has 0 saturated carbocycles. The highest BCUT2D eigenvalue weighted by Crippen LogP contribution is 2.39. The van der Waals surface area contributed by atoms with Crippen LogP contribution in [0.2, 0.25) is 0 Å². The fourth-order valence-electron chi connectivity index (χ4n) is 2.86. The molecule has 1 aromatic heterocycles. The Balaban J connectivity index is 3.58. The van der Waals surface area contributed by atoms with Gasteiger partial charge in [-0.2, -0.15) is 0 Å². The van der Waals surface area contributed by atoms with Gasteiger partial charge < -0.3 is 18.9 Å². The molecule has 0 bridgehead atoms. The van der Waals surface area contributed by atoms with Crippen molar-refractivity contribution < 1.29 is 47.7 Å². The number of carbonyl (C=O) groups excluding carboxylic acids is 6. The number of ketones is 2. The zero-order valence-corrected chi connectivity index (χ0v) is 17.7. The van der Waals surface area contributed by atoms with Crippen molar-refractivity contribution >= 4 is 46.8 Å². The lowest BCUT2D eigenvalue weighted by Gasteiger charge is -2.28. The van der Waals surface area contributed by atoms with Crippen LogP contribution in [0.1, 0.15) is 23.6 Å². The van der Waals surface area contributed by atoms with Crippen LogP contribution in [0.15, 0.2) is 17.5 Å². The van der Waals surface area contributed by atoms with Crippen LogP contribution in [0.3, 0.4) is 0 Å². The highest BCUT2D eigenvalue weighted by molar-refractivity contribution is 7.10. The Kier molecular flexibility index (Phi) is 9.82. The fourth-order valence-corrected chi connectivity index (χ4v) is 3.76. The van der Waals surface area contributed by atoms with Gasteiger partial charge in [0.15, 0.2) is 11.6 Å². The van der Waals surface area contributed by atoms with Gasteiger partial charge in [-0.15, -0.1) is 11.3 Å². The van der Waals surface area contributed by atoms with E-state index in [2.05, 4.69) is 9.47 Å². The number of carbonyl (C=O) groups is 6. The molecule has 3 atom stereocenters. The zero-order valence-electron chi connectivity index (χ0n) is 16.9. The van der Waals surface area contributed by atoms with Crippen molar-refractivity contribution in [1.29, 1.82) is 0 Å². The maximum Gasteiger partial charge on any atom is 0.316 e. The van der Waals surface area contributed by atoms with E-state index in [9.17, 15) is 28.8 Å². The quantitative estimate of drug-likeness (QED) is 0.273. The van der Waals surface area contributed by atoms with Gasteiger partial charge in [0.05, 0.1) is 28.4 Å². The van der Waals surface area contributed by atoms with Gasteiger partial charge in [-0.25, -0.2) is 0 Å². The summed E-state index contributed by atoms with van der Waals surface area (Å²) in [6, 6.07) is 3.10. The molecule has 0 fully saturated rings. The third kappa shape index (κ3) is 6.21. The minimum absolute atomic E-state index is 0.317. The molecule has 0 saturated heterocycles. The van der Waals surface area contributed by atoms with Gasteiger partial charge in [0.25, 0.3) is 0 Å². The van der Waals surface area contributed by atoms with Crippen molar-refractivity contribution in [3.63, 3.8) is 0 Å². The zero-order chi connectivity index (χ0) is 22.8. The molecule has 10 nitrogen and oxygen atoms in total. The number of esters is 4. The van der Waals surface area contributed by atoms with E-state index >= 15 is 0 Å². The molecule has 0 amide bonds. The first-order valence-corrected chi connectivity index (χ1v) is 9.47. The van der Waals surface area contributed by atoms with E-state index in [1.54, 1.807) is 11.4 Å². The predicted molar refractivity (Wildman–Crippen MR) is 101 cm³/mol. The topological polar surface area (TPSA) is 139 Å². The molecule has 0 spiro atoms. The minimum Gasteiger partial charge on any atom is -0.469 e. The number of Topliss-reactive ketones (excluding diaryl/α,β-unsaturated/α-hetero) is 2. The van der Waals surface area contributed by atoms with Crippen LogP contribution in [-0.2, 0) is 47.7 Å². The van der Waals surface area contributed by atoms with E-state index in [0.29, 0.717) is 4.88 Å². The van der Waals surface area contributed by atoms with Crippen LogP contribution < -0.4 is 0 Å². The summed E-state index contributed by atoms with van der Waals surface area (Å²) in [5, 5.41) is 1.61. The van der Waals surface area contributed by atoms with E-state index in [4.69, 9.17) is 9.47 Å². The molecule has 0 aromatic carbocycles. The van der Waals surface area contributed by atoms with E-state index in [-0.39, 0.29) is 0 Å². The number of ether oxygens (including phenoxy) is 4. The molecule has 0 radical (unpaired) electrons. The van der Waals surface area contributed by atoms with Gasteiger partial charge in [0.1, 0.15) is 24.7 Å². The van der Waals surface area contributed by atoms with Gasteiger partial charge in [-0.05, 0) is 11.4 Å². The summed E-state index contributed by atoms with van der Waals surface area (Å²) in [4.78, 5) is 74.2. The largest absolute Gasteiger partial charge is 0.469 e. The van der Waals surface area contributed by atoms with Gasteiger partial charge >= 0.3 is 23.9 Å². The molecular formula is C19H22O10S. The number of rotatable bonds is 11. The van der Waals surface area contributed by atoms with Crippen LogP contribution >= 0.6 is 11.3 Å². The van der Waals surface area contributed by atoms with Crippen LogP contribution in [0.25, 0.3) is 0 Å². The van der Waals surface area contributed by atoms with Crippen molar-refractivity contribution in [3.8, 4) is 0 Å². The van der Waals surface area contributed by atoms with E-state index in [0.717, 1.165) is 39.8 Å². The van der Waals surface area contributed by atoms with Crippen molar-refractivity contribution in [2.45, 2.75) is 18.8 Å². The Labute approximate surface area is 176 Å². The molecule has 1 unspecified atom stereocenters. The SMILES string of the molecule is COC(=O)CC(=O)[C@H](C(=O)OC)C(c1cccs1)[C@@H](C(=O)CC(=O)OC)C(=O)OC. The molecule has 1 rings (SSSR count). The van der Waals surface area contributed by atoms with Crippen LogP contribution in [0.4, 0.5) is 0 Å². The third-order valence-corrected chi connectivity index (χ3v) is 5.26. The smallest absolute Gasteiger partial charge is 0.316 e. The van der Waals surface area contributed by atoms with Crippen molar-refractivity contribution in [1.82, 2.24) is 0 Å². The number of methoxy groups -OCH3 is 4. The summed E-state index contributed by atoms with van der Waals surface area (Å²) in [5.41, 5.74) is 0. The molecular weight excluding hydrogens is 420 g/mol. The number of thiophene rings is 1. The first-order valence-electron chi connectivity index (χ1n) is 8.59. The molecule has 1 heterocycles. The van der Waals surface area contributed by atoms with Gasteiger partial charge in [0.2, 0.25) is 0 Å². The second-order valence-electron chi connectivity index (χ2n) is 5.98. The maximum atomic E-state index is 12.8. The van der Waals surface area contributed by atoms with Gasteiger partial charge in [0, 0.05) is 10.8 Å². The summed E-state index contributed by atoms with van der Waals surface area (Å²) in [6.07, 6.45) is -1.56. The monoisotopic (exact) mass is 442 g/mol. The Bertz CT molecular complexity index is 748. The molecule has 0 N–H and O–H groups in total. The van der Waals surface area contributed by atoms with Gasteiger partial charge in [-0.1, -0.05) is 6.07 Å². The van der Waals surface area contributed by atoms with Crippen molar-refractivity contribution in [3.05, 3.63) is 22.4 Å². The predicted octanol–water partition coefficient (Wildman–Crippen LogP) is 0.674. The molecule has 11 heteroatoms. The summed E-state index contributed by atoms with van der Waals surface area (Å²) in [5.74, 6) is -10.5. The first kappa shape index (κ1) is 25.0. The first-order chi connectivity index (χ1) is 14.2. The summed E-state index contributed by atoms with van der Waals surface area (Å²) in [6.45, 7) is 0. The molecule has 164 valence electrons. The second-order valence-corrected chi connectivity index (χ2v) is 6.96. The Morgan fingerprint density at radius 1 is 0.767 bits per heavy atom. The molecule has 0 aliphatic heterocycles. The molecule has 1 aromatic rings. The molecule has 0 aliphatic rings. The summed E-state index contributed by atoms with van der Waals surface area (Å²) >= 11 is 1.08. The lowest BCUT2D eigenvalue weighted by molar-refractivity contribution is -0.156.